The summed E-state index contributed by atoms with van der Waals surface area (Å²) in [4.78, 5) is 17.1. The lowest BCUT2D eigenvalue weighted by Gasteiger charge is -2.32. The Morgan fingerprint density at radius 1 is 1.34 bits per heavy atom. The fraction of sp³-hybridized carbons (Fsp3) is 0.478. The van der Waals surface area contributed by atoms with E-state index in [1.807, 2.05) is 0 Å². The van der Waals surface area contributed by atoms with Crippen molar-refractivity contribution in [3.05, 3.63) is 47.4 Å². The summed E-state index contributed by atoms with van der Waals surface area (Å²) in [6, 6.07) is 5.02. The number of pyridine rings is 1. The summed E-state index contributed by atoms with van der Waals surface area (Å²) in [7, 11) is -3.20. The van der Waals surface area contributed by atoms with Gasteiger partial charge < -0.3 is 14.8 Å². The van der Waals surface area contributed by atoms with Crippen LogP contribution in [0.1, 0.15) is 37.8 Å². The Bertz CT molecular complexity index is 1240. The number of nitrogens with zero attached hydrogens (tertiary/aromatic N) is 1. The van der Waals surface area contributed by atoms with E-state index in [-0.39, 0.29) is 34.2 Å². The SMILES string of the molecule is CCOc1c([C@H]2[C@H](C(=O)Nc3ccnc(S(C)(=N)=O)c3)O[C@@](C)(C(F)(F)F)[C@H]2C)ccc(F)c1C. The summed E-state index contributed by atoms with van der Waals surface area (Å²) in [5, 5.41) is 2.39. The molecule has 0 aliphatic carbocycles. The van der Waals surface area contributed by atoms with Crippen LogP contribution in [-0.4, -0.2) is 45.8 Å². The molecule has 1 unspecified atom stereocenters. The minimum atomic E-state index is -4.80. The number of hydrogen-bond donors (Lipinski definition) is 2. The van der Waals surface area contributed by atoms with Crippen LogP contribution in [0.15, 0.2) is 35.5 Å². The molecule has 1 aliphatic rings. The second kappa shape index (κ2) is 9.38. The van der Waals surface area contributed by atoms with Gasteiger partial charge in [0.25, 0.3) is 5.91 Å². The summed E-state index contributed by atoms with van der Waals surface area (Å²) in [6.45, 7) is 5.45. The quantitative estimate of drug-likeness (QED) is 0.523. The molecule has 2 heterocycles. The first kappa shape index (κ1) is 26.9. The van der Waals surface area contributed by atoms with Crippen LogP contribution in [0.25, 0.3) is 0 Å². The number of anilines is 1. The van der Waals surface area contributed by atoms with Crippen LogP contribution in [0.2, 0.25) is 0 Å². The van der Waals surface area contributed by atoms with Crippen molar-refractivity contribution in [2.24, 2.45) is 5.92 Å². The summed E-state index contributed by atoms with van der Waals surface area (Å²) in [5.74, 6) is -3.77. The smallest absolute Gasteiger partial charge is 0.417 e. The van der Waals surface area contributed by atoms with E-state index in [1.165, 1.54) is 38.2 Å². The molecule has 0 spiro atoms. The van der Waals surface area contributed by atoms with Crippen LogP contribution in [0.3, 0.4) is 0 Å². The zero-order valence-electron chi connectivity index (χ0n) is 19.8. The lowest BCUT2D eigenvalue weighted by atomic mass is 9.76. The molecule has 2 N–H and O–H groups in total. The third-order valence-corrected chi connectivity index (χ3v) is 7.37. The summed E-state index contributed by atoms with van der Waals surface area (Å²) in [5.41, 5.74) is -2.24. The number of alkyl halides is 3. The summed E-state index contributed by atoms with van der Waals surface area (Å²) < 4.78 is 87.3. The van der Waals surface area contributed by atoms with Crippen molar-refractivity contribution in [3.63, 3.8) is 0 Å². The number of benzene rings is 1. The van der Waals surface area contributed by atoms with E-state index in [9.17, 15) is 26.6 Å². The monoisotopic (exact) mass is 517 g/mol. The van der Waals surface area contributed by atoms with Crippen LogP contribution in [0.4, 0.5) is 23.2 Å². The van der Waals surface area contributed by atoms with Gasteiger partial charge in [0.15, 0.2) is 5.60 Å². The molecule has 5 atom stereocenters. The highest BCUT2D eigenvalue weighted by atomic mass is 32.2. The summed E-state index contributed by atoms with van der Waals surface area (Å²) >= 11 is 0. The standard InChI is InChI=1S/C23H27F4N3O4S/c1-6-33-19-12(2)16(24)8-7-15(19)18-13(3)22(4,23(25,26)27)34-20(18)21(31)30-14-9-10-29-17(11-14)35(5,28)32/h7-11,13,18,20,28H,6H2,1-5H3,(H,29,30,31)/t13-,18-,20+,22+,35?/m0/s1. The molecule has 7 nitrogen and oxygen atoms in total. The number of carbonyl (C=O) groups is 1. The van der Waals surface area contributed by atoms with E-state index in [2.05, 4.69) is 10.3 Å². The first-order valence-corrected chi connectivity index (χ1v) is 12.8. The fourth-order valence-electron chi connectivity index (χ4n) is 4.22. The molecule has 3 rings (SSSR count). The topological polar surface area (TPSA) is 101 Å². The number of halogens is 4. The molecule has 192 valence electrons. The van der Waals surface area contributed by atoms with E-state index >= 15 is 0 Å². The normalized spacial score (nSPS) is 26.3. The Labute approximate surface area is 201 Å². The maximum absolute atomic E-state index is 14.3. The maximum atomic E-state index is 14.3. The Kier molecular flexibility index (Phi) is 7.20. The number of ether oxygens (including phenoxy) is 2. The van der Waals surface area contributed by atoms with Gasteiger partial charge >= 0.3 is 6.18 Å². The molecule has 0 bridgehead atoms. The van der Waals surface area contributed by atoms with Crippen LogP contribution >= 0.6 is 0 Å². The molecular formula is C23H27F4N3O4S. The van der Waals surface area contributed by atoms with Gasteiger partial charge in [-0.25, -0.2) is 18.4 Å². The highest BCUT2D eigenvalue weighted by Gasteiger charge is 2.65. The molecule has 12 heteroatoms. The molecule has 1 saturated heterocycles. The van der Waals surface area contributed by atoms with Gasteiger partial charge in [0.05, 0.1) is 16.3 Å². The van der Waals surface area contributed by atoms with Gasteiger partial charge in [-0.15, -0.1) is 0 Å². The predicted octanol–water partition coefficient (Wildman–Crippen LogP) is 5.04. The first-order chi connectivity index (χ1) is 16.1. The van der Waals surface area contributed by atoms with Gasteiger partial charge in [-0.1, -0.05) is 13.0 Å². The van der Waals surface area contributed by atoms with Crippen molar-refractivity contribution in [1.29, 1.82) is 4.78 Å². The van der Waals surface area contributed by atoms with Crippen molar-refractivity contribution in [2.75, 3.05) is 18.2 Å². The van der Waals surface area contributed by atoms with Crippen LogP contribution in [0.5, 0.6) is 5.75 Å². The zero-order valence-corrected chi connectivity index (χ0v) is 20.6. The van der Waals surface area contributed by atoms with E-state index in [0.717, 1.165) is 19.2 Å². The molecule has 35 heavy (non-hydrogen) atoms. The first-order valence-electron chi connectivity index (χ1n) is 10.8. The van der Waals surface area contributed by atoms with Gasteiger partial charge in [0, 0.05) is 41.1 Å². The zero-order chi connectivity index (χ0) is 26.3. The fourth-order valence-corrected chi connectivity index (χ4v) is 4.84. The molecule has 1 aromatic carbocycles. The minimum absolute atomic E-state index is 0.0725. The molecule has 1 amide bonds. The van der Waals surface area contributed by atoms with Gasteiger partial charge in [0.2, 0.25) is 0 Å². The number of aromatic nitrogens is 1. The van der Waals surface area contributed by atoms with Crippen molar-refractivity contribution in [3.8, 4) is 5.75 Å². The van der Waals surface area contributed by atoms with Crippen LogP contribution in [0, 0.1) is 23.4 Å². The Morgan fingerprint density at radius 2 is 2.00 bits per heavy atom. The Morgan fingerprint density at radius 3 is 2.57 bits per heavy atom. The number of rotatable bonds is 6. The van der Waals surface area contributed by atoms with E-state index in [4.69, 9.17) is 14.3 Å². The summed E-state index contributed by atoms with van der Waals surface area (Å²) in [6.07, 6.45) is -4.03. The average Bonchev–Trinajstić information content (AvgIpc) is 3.03. The van der Waals surface area contributed by atoms with Gasteiger partial charge in [-0.2, -0.15) is 13.2 Å². The van der Waals surface area contributed by atoms with E-state index in [1.54, 1.807) is 6.92 Å². The molecule has 1 aliphatic heterocycles. The van der Waals surface area contributed by atoms with Crippen molar-refractivity contribution in [1.82, 2.24) is 4.98 Å². The van der Waals surface area contributed by atoms with Crippen molar-refractivity contribution in [2.45, 2.75) is 56.5 Å². The van der Waals surface area contributed by atoms with Crippen LogP contribution < -0.4 is 10.1 Å². The average molecular weight is 518 g/mol. The molecule has 1 fully saturated rings. The maximum Gasteiger partial charge on any atom is 0.417 e. The molecule has 1 aromatic heterocycles. The van der Waals surface area contributed by atoms with Crippen molar-refractivity contribution < 1.29 is 36.0 Å². The predicted molar refractivity (Wildman–Crippen MR) is 121 cm³/mol. The number of amides is 1. The molecule has 0 saturated carbocycles. The van der Waals surface area contributed by atoms with Crippen molar-refractivity contribution >= 4 is 21.3 Å². The van der Waals surface area contributed by atoms with Gasteiger partial charge in [-0.3, -0.25) is 4.79 Å². The lowest BCUT2D eigenvalue weighted by Crippen LogP contribution is -2.47. The largest absolute Gasteiger partial charge is 0.493 e. The molecular weight excluding hydrogens is 490 g/mol. The third kappa shape index (κ3) is 4.99. The lowest BCUT2D eigenvalue weighted by molar-refractivity contribution is -0.272. The second-order valence-electron chi connectivity index (χ2n) is 8.70. The highest BCUT2D eigenvalue weighted by Crippen LogP contribution is 2.55. The highest BCUT2D eigenvalue weighted by molar-refractivity contribution is 7.91. The van der Waals surface area contributed by atoms with E-state index < -0.39 is 51.2 Å². The second-order valence-corrected chi connectivity index (χ2v) is 10.8. The Balaban J connectivity index is 2.10. The van der Waals surface area contributed by atoms with Crippen LogP contribution in [-0.2, 0) is 19.3 Å². The number of carbonyl (C=O) groups excluding carboxylic acids is 1. The molecule has 2 aromatic rings. The van der Waals surface area contributed by atoms with Gasteiger partial charge in [-0.05, 0) is 39.0 Å². The number of hydrogen-bond acceptors (Lipinski definition) is 6. The third-order valence-electron chi connectivity index (χ3n) is 6.35. The Hall–Kier alpha value is -2.73. The van der Waals surface area contributed by atoms with E-state index in [0.29, 0.717) is 0 Å². The number of nitrogens with one attached hydrogen (secondary N) is 2. The van der Waals surface area contributed by atoms with Gasteiger partial charge in [0.1, 0.15) is 22.7 Å². The minimum Gasteiger partial charge on any atom is -0.493 e. The molecule has 0 radical (unpaired) electrons.